The van der Waals surface area contributed by atoms with Gasteiger partial charge in [0.25, 0.3) is 0 Å². The van der Waals surface area contributed by atoms with Crippen LogP contribution in [0.5, 0.6) is 0 Å². The van der Waals surface area contributed by atoms with Gasteiger partial charge in [-0.25, -0.2) is 0 Å². The summed E-state index contributed by atoms with van der Waals surface area (Å²) in [5.74, 6) is 0.0977. The standard InChI is InChI=1S/C14H19BrN2O/c15-12-5-3-4-11(8-12)9-14(18)17-10-13-6-1-2-7-16-13/h3-5,8,13,16H,1-2,6-7,9-10H2,(H,17,18). The van der Waals surface area contributed by atoms with E-state index in [4.69, 9.17) is 0 Å². The number of benzene rings is 1. The summed E-state index contributed by atoms with van der Waals surface area (Å²) in [6.45, 7) is 1.82. The highest BCUT2D eigenvalue weighted by molar-refractivity contribution is 9.10. The van der Waals surface area contributed by atoms with Gasteiger partial charge in [-0.15, -0.1) is 0 Å². The molecule has 1 heterocycles. The average Bonchev–Trinajstić information content (AvgIpc) is 2.38. The number of halogens is 1. The summed E-state index contributed by atoms with van der Waals surface area (Å²) >= 11 is 3.41. The van der Waals surface area contributed by atoms with E-state index in [1.165, 1.54) is 12.8 Å². The normalized spacial score (nSPS) is 19.5. The molecule has 2 rings (SSSR count). The van der Waals surface area contributed by atoms with Crippen molar-refractivity contribution < 1.29 is 4.79 Å². The molecule has 98 valence electrons. The molecule has 0 radical (unpaired) electrons. The highest BCUT2D eigenvalue weighted by Gasteiger charge is 2.13. The highest BCUT2D eigenvalue weighted by atomic mass is 79.9. The molecule has 18 heavy (non-hydrogen) atoms. The van der Waals surface area contributed by atoms with Crippen LogP contribution in [0, 0.1) is 0 Å². The van der Waals surface area contributed by atoms with Gasteiger partial charge in [-0.3, -0.25) is 4.79 Å². The van der Waals surface area contributed by atoms with Crippen LogP contribution < -0.4 is 10.6 Å². The third kappa shape index (κ3) is 4.42. The van der Waals surface area contributed by atoms with E-state index in [9.17, 15) is 4.79 Å². The fourth-order valence-corrected chi connectivity index (χ4v) is 2.68. The summed E-state index contributed by atoms with van der Waals surface area (Å²) in [7, 11) is 0. The maximum absolute atomic E-state index is 11.8. The van der Waals surface area contributed by atoms with Gasteiger partial charge >= 0.3 is 0 Å². The first-order valence-corrected chi connectivity index (χ1v) is 7.28. The lowest BCUT2D eigenvalue weighted by Crippen LogP contribution is -2.43. The first-order chi connectivity index (χ1) is 8.74. The van der Waals surface area contributed by atoms with E-state index in [0.29, 0.717) is 12.5 Å². The maximum Gasteiger partial charge on any atom is 0.224 e. The molecule has 1 aliphatic rings. The number of nitrogens with one attached hydrogen (secondary N) is 2. The van der Waals surface area contributed by atoms with Crippen molar-refractivity contribution in [2.45, 2.75) is 31.7 Å². The molecule has 1 saturated heterocycles. The SMILES string of the molecule is O=C(Cc1cccc(Br)c1)NCC1CCCCN1. The Bertz CT molecular complexity index is 403. The van der Waals surface area contributed by atoms with E-state index in [0.717, 1.165) is 29.5 Å². The summed E-state index contributed by atoms with van der Waals surface area (Å²) in [6.07, 6.45) is 4.13. The molecule has 1 unspecified atom stereocenters. The van der Waals surface area contributed by atoms with Crippen LogP contribution in [0.2, 0.25) is 0 Å². The predicted molar refractivity (Wildman–Crippen MR) is 76.5 cm³/mol. The van der Waals surface area contributed by atoms with E-state index in [2.05, 4.69) is 26.6 Å². The van der Waals surface area contributed by atoms with Gasteiger partial charge in [-0.05, 0) is 37.1 Å². The lowest BCUT2D eigenvalue weighted by molar-refractivity contribution is -0.120. The van der Waals surface area contributed by atoms with E-state index in [1.807, 2.05) is 24.3 Å². The first-order valence-electron chi connectivity index (χ1n) is 6.48. The second-order valence-corrected chi connectivity index (χ2v) is 5.67. The van der Waals surface area contributed by atoms with Gasteiger partial charge < -0.3 is 10.6 Å². The Morgan fingerprint density at radius 3 is 3.06 bits per heavy atom. The van der Waals surface area contributed by atoms with Crippen molar-refractivity contribution in [3.8, 4) is 0 Å². The fraction of sp³-hybridized carbons (Fsp3) is 0.500. The number of carbonyl (C=O) groups excluding carboxylic acids is 1. The van der Waals surface area contributed by atoms with Crippen molar-refractivity contribution in [3.05, 3.63) is 34.3 Å². The minimum absolute atomic E-state index is 0.0977. The second-order valence-electron chi connectivity index (χ2n) is 4.76. The number of amides is 1. The van der Waals surface area contributed by atoms with E-state index < -0.39 is 0 Å². The molecule has 0 aliphatic carbocycles. The molecule has 0 bridgehead atoms. The first kappa shape index (κ1) is 13.6. The van der Waals surface area contributed by atoms with Crippen molar-refractivity contribution in [3.63, 3.8) is 0 Å². The molecule has 1 atom stereocenters. The van der Waals surface area contributed by atoms with Crippen LogP contribution >= 0.6 is 15.9 Å². The van der Waals surface area contributed by atoms with Gasteiger partial charge in [0, 0.05) is 17.1 Å². The van der Waals surface area contributed by atoms with Crippen LogP contribution in [0.3, 0.4) is 0 Å². The lowest BCUT2D eigenvalue weighted by atomic mass is 10.1. The molecule has 1 aromatic rings. The fourth-order valence-electron chi connectivity index (χ4n) is 2.23. The Hall–Kier alpha value is -0.870. The summed E-state index contributed by atoms with van der Waals surface area (Å²) in [6, 6.07) is 8.33. The van der Waals surface area contributed by atoms with Crippen molar-refractivity contribution in [2.24, 2.45) is 0 Å². The molecule has 0 spiro atoms. The number of piperidine rings is 1. The molecule has 4 heteroatoms. The van der Waals surface area contributed by atoms with Crippen LogP contribution in [0.25, 0.3) is 0 Å². The second kappa shape index (κ2) is 6.90. The third-order valence-corrected chi connectivity index (χ3v) is 3.70. The molecule has 1 aromatic carbocycles. The molecule has 1 amide bonds. The largest absolute Gasteiger partial charge is 0.354 e. The van der Waals surface area contributed by atoms with Crippen LogP contribution in [-0.2, 0) is 11.2 Å². The Balaban J connectivity index is 1.74. The zero-order chi connectivity index (χ0) is 12.8. The lowest BCUT2D eigenvalue weighted by Gasteiger charge is -2.23. The van der Waals surface area contributed by atoms with Crippen molar-refractivity contribution in [1.29, 1.82) is 0 Å². The Labute approximate surface area is 116 Å². The quantitative estimate of drug-likeness (QED) is 0.895. The predicted octanol–water partition coefficient (Wildman–Crippen LogP) is 2.25. The Morgan fingerprint density at radius 1 is 1.44 bits per heavy atom. The Morgan fingerprint density at radius 2 is 2.33 bits per heavy atom. The van der Waals surface area contributed by atoms with E-state index in [-0.39, 0.29) is 5.91 Å². The van der Waals surface area contributed by atoms with E-state index in [1.54, 1.807) is 0 Å². The summed E-state index contributed by atoms with van der Waals surface area (Å²) < 4.78 is 1.02. The molecular weight excluding hydrogens is 292 g/mol. The topological polar surface area (TPSA) is 41.1 Å². The summed E-state index contributed by atoms with van der Waals surface area (Å²) in [5, 5.41) is 6.43. The summed E-state index contributed by atoms with van der Waals surface area (Å²) in [5.41, 5.74) is 1.04. The van der Waals surface area contributed by atoms with E-state index >= 15 is 0 Å². The number of hydrogen-bond donors (Lipinski definition) is 2. The smallest absolute Gasteiger partial charge is 0.224 e. The zero-order valence-corrected chi connectivity index (χ0v) is 12.0. The van der Waals surface area contributed by atoms with Crippen LogP contribution in [0.15, 0.2) is 28.7 Å². The number of hydrogen-bond acceptors (Lipinski definition) is 2. The molecule has 1 fully saturated rings. The van der Waals surface area contributed by atoms with Crippen LogP contribution in [-0.4, -0.2) is 25.0 Å². The minimum Gasteiger partial charge on any atom is -0.354 e. The molecular formula is C14H19BrN2O. The van der Waals surface area contributed by atoms with Crippen molar-refractivity contribution in [2.75, 3.05) is 13.1 Å². The monoisotopic (exact) mass is 310 g/mol. The number of rotatable bonds is 4. The maximum atomic E-state index is 11.8. The average molecular weight is 311 g/mol. The van der Waals surface area contributed by atoms with Gasteiger partial charge in [0.2, 0.25) is 5.91 Å². The minimum atomic E-state index is 0.0977. The van der Waals surface area contributed by atoms with Gasteiger partial charge in [-0.1, -0.05) is 34.5 Å². The van der Waals surface area contributed by atoms with Crippen molar-refractivity contribution >= 4 is 21.8 Å². The van der Waals surface area contributed by atoms with Gasteiger partial charge in [0.15, 0.2) is 0 Å². The molecule has 3 nitrogen and oxygen atoms in total. The van der Waals surface area contributed by atoms with Gasteiger partial charge in [0.05, 0.1) is 6.42 Å². The third-order valence-electron chi connectivity index (χ3n) is 3.21. The number of carbonyl (C=O) groups is 1. The summed E-state index contributed by atoms with van der Waals surface area (Å²) in [4.78, 5) is 11.8. The van der Waals surface area contributed by atoms with Gasteiger partial charge in [-0.2, -0.15) is 0 Å². The molecule has 1 aliphatic heterocycles. The Kier molecular flexibility index (Phi) is 5.20. The van der Waals surface area contributed by atoms with Crippen molar-refractivity contribution in [1.82, 2.24) is 10.6 Å². The highest BCUT2D eigenvalue weighted by Crippen LogP contribution is 2.12. The molecule has 0 aromatic heterocycles. The van der Waals surface area contributed by atoms with Gasteiger partial charge in [0.1, 0.15) is 0 Å². The van der Waals surface area contributed by atoms with Crippen LogP contribution in [0.4, 0.5) is 0 Å². The zero-order valence-electron chi connectivity index (χ0n) is 10.4. The molecule has 0 saturated carbocycles. The van der Waals surface area contributed by atoms with Crippen LogP contribution in [0.1, 0.15) is 24.8 Å². The molecule has 2 N–H and O–H groups in total.